The molecule has 3 heterocycles. The third-order valence-corrected chi connectivity index (χ3v) is 4.71. The number of carbonyl (C=O) groups excluding carboxylic acids is 2. The number of likely N-dealkylation sites (N-methyl/N-ethyl adjacent to an activating group) is 1. The highest BCUT2D eigenvalue weighted by atomic mass is 16.5. The number of amides is 1. The van der Waals surface area contributed by atoms with Crippen molar-refractivity contribution in [1.82, 2.24) is 19.6 Å². The molecule has 2 aromatic heterocycles. The van der Waals surface area contributed by atoms with Gasteiger partial charge in [0.1, 0.15) is 5.69 Å². The zero-order valence-corrected chi connectivity index (χ0v) is 16.2. The van der Waals surface area contributed by atoms with Crippen molar-refractivity contribution in [3.63, 3.8) is 0 Å². The van der Waals surface area contributed by atoms with Gasteiger partial charge >= 0.3 is 5.97 Å². The molecule has 1 amide bonds. The summed E-state index contributed by atoms with van der Waals surface area (Å²) in [4.78, 5) is 31.8. The number of hydrogen-bond acceptors (Lipinski definition) is 6. The van der Waals surface area contributed by atoms with Crippen LogP contribution in [0.5, 0.6) is 5.75 Å². The van der Waals surface area contributed by atoms with Crippen LogP contribution in [0.4, 0.5) is 0 Å². The average molecular weight is 390 g/mol. The molecule has 154 valence electrons. The summed E-state index contributed by atoms with van der Waals surface area (Å²) in [5.74, 6) is -0.284. The predicted octanol–water partition coefficient (Wildman–Crippen LogP) is 1.90. The molecule has 2 unspecified atom stereocenters. The number of nitrogens with zero attached hydrogens (tertiary/aromatic N) is 3. The molecule has 0 spiro atoms. The van der Waals surface area contributed by atoms with Gasteiger partial charge in [-0.2, -0.15) is 0 Å². The number of nitrogens with one attached hydrogen (secondary N) is 1. The van der Waals surface area contributed by atoms with Crippen LogP contribution in [-0.4, -0.2) is 65.6 Å². The first-order chi connectivity index (χ1) is 13.0. The van der Waals surface area contributed by atoms with Gasteiger partial charge in [0.2, 0.25) is 0 Å². The quantitative estimate of drug-likeness (QED) is 0.759. The van der Waals surface area contributed by atoms with E-state index in [9.17, 15) is 9.59 Å². The topological polar surface area (TPSA) is 85.2 Å². The summed E-state index contributed by atoms with van der Waals surface area (Å²) in [6.07, 6.45) is 1.79. The molecular weight excluding hydrogens is 360 g/mol. The standard InChI is InChI=1S/C19H26N4O4.CH4/c1-5-26-15-8-7-9-23-16(12(3)20-17(15)23)18(24)21-14-11-22(4)10-13(14)19(25)27-6-2;/h7-9,13-14H,5-6,10-11H2,1-4H3,(H,21,24);1H4. The van der Waals surface area contributed by atoms with Crippen LogP contribution in [0.3, 0.4) is 0 Å². The molecule has 8 heteroatoms. The first-order valence-electron chi connectivity index (χ1n) is 9.22. The zero-order valence-electron chi connectivity index (χ0n) is 16.2. The molecule has 2 atom stereocenters. The summed E-state index contributed by atoms with van der Waals surface area (Å²) in [7, 11) is 1.92. The fraction of sp³-hybridized carbons (Fsp3) is 0.550. The maximum atomic E-state index is 13.0. The van der Waals surface area contributed by atoms with Crippen LogP contribution in [0.25, 0.3) is 5.65 Å². The fourth-order valence-corrected chi connectivity index (χ4v) is 3.57. The van der Waals surface area contributed by atoms with Gasteiger partial charge in [0.05, 0.1) is 30.9 Å². The highest BCUT2D eigenvalue weighted by Gasteiger charge is 2.38. The number of carbonyl (C=O) groups is 2. The van der Waals surface area contributed by atoms with Crippen molar-refractivity contribution >= 4 is 17.5 Å². The van der Waals surface area contributed by atoms with Crippen molar-refractivity contribution in [2.45, 2.75) is 34.2 Å². The van der Waals surface area contributed by atoms with Gasteiger partial charge in [-0.1, -0.05) is 7.43 Å². The van der Waals surface area contributed by atoms with Crippen LogP contribution in [0.1, 0.15) is 37.5 Å². The van der Waals surface area contributed by atoms with Crippen molar-refractivity contribution in [3.05, 3.63) is 29.7 Å². The number of ether oxygens (including phenoxy) is 2. The van der Waals surface area contributed by atoms with Crippen molar-refractivity contribution in [1.29, 1.82) is 0 Å². The molecule has 0 aromatic carbocycles. The number of likely N-dealkylation sites (tertiary alicyclic amines) is 1. The van der Waals surface area contributed by atoms with E-state index in [1.54, 1.807) is 24.4 Å². The third kappa shape index (κ3) is 4.11. The number of esters is 1. The minimum absolute atomic E-state index is 0. The largest absolute Gasteiger partial charge is 0.490 e. The van der Waals surface area contributed by atoms with E-state index in [0.717, 1.165) is 0 Å². The van der Waals surface area contributed by atoms with Crippen LogP contribution in [0.2, 0.25) is 0 Å². The maximum absolute atomic E-state index is 13.0. The molecule has 0 bridgehead atoms. The molecule has 0 saturated carbocycles. The molecule has 0 radical (unpaired) electrons. The van der Waals surface area contributed by atoms with Gasteiger partial charge in [-0.25, -0.2) is 4.98 Å². The molecule has 3 rings (SSSR count). The van der Waals surface area contributed by atoms with E-state index < -0.39 is 0 Å². The van der Waals surface area contributed by atoms with Crippen molar-refractivity contribution in [2.75, 3.05) is 33.4 Å². The number of pyridine rings is 1. The lowest BCUT2D eigenvalue weighted by Gasteiger charge is -2.18. The lowest BCUT2D eigenvalue weighted by molar-refractivity contribution is -0.148. The maximum Gasteiger partial charge on any atom is 0.312 e. The Morgan fingerprint density at radius 2 is 2.04 bits per heavy atom. The lowest BCUT2D eigenvalue weighted by atomic mass is 10.0. The molecule has 1 aliphatic heterocycles. The Balaban J connectivity index is 0.00000280. The summed E-state index contributed by atoms with van der Waals surface area (Å²) >= 11 is 0. The van der Waals surface area contributed by atoms with Crippen LogP contribution in [-0.2, 0) is 9.53 Å². The normalized spacial score (nSPS) is 19.3. The number of aromatic nitrogens is 2. The second-order valence-corrected chi connectivity index (χ2v) is 6.70. The minimum Gasteiger partial charge on any atom is -0.490 e. The first-order valence-corrected chi connectivity index (χ1v) is 9.22. The van der Waals surface area contributed by atoms with Gasteiger partial charge < -0.3 is 19.7 Å². The average Bonchev–Trinajstić information content (AvgIpc) is 3.15. The molecule has 1 N–H and O–H groups in total. The Bertz CT molecular complexity index is 848. The Morgan fingerprint density at radius 1 is 1.29 bits per heavy atom. The number of aryl methyl sites for hydroxylation is 1. The summed E-state index contributed by atoms with van der Waals surface area (Å²) in [5.41, 5.74) is 1.66. The SMILES string of the molecule is C.CCOC(=O)C1CN(C)CC1NC(=O)c1c(C)nc2c(OCC)cccn12. The third-order valence-electron chi connectivity index (χ3n) is 4.71. The Labute approximate surface area is 165 Å². The molecular formula is C20H30N4O4. The lowest BCUT2D eigenvalue weighted by Crippen LogP contribution is -2.44. The van der Waals surface area contributed by atoms with Gasteiger partial charge in [0, 0.05) is 19.3 Å². The molecule has 1 saturated heterocycles. The van der Waals surface area contributed by atoms with Gasteiger partial charge in [-0.05, 0) is 40.0 Å². The number of fused-ring (bicyclic) bond motifs is 1. The van der Waals surface area contributed by atoms with Crippen molar-refractivity contribution in [2.24, 2.45) is 5.92 Å². The fourth-order valence-electron chi connectivity index (χ4n) is 3.57. The smallest absolute Gasteiger partial charge is 0.312 e. The van der Waals surface area contributed by atoms with Crippen molar-refractivity contribution < 1.29 is 19.1 Å². The highest BCUT2D eigenvalue weighted by molar-refractivity contribution is 5.95. The predicted molar refractivity (Wildman–Crippen MR) is 107 cm³/mol. The monoisotopic (exact) mass is 390 g/mol. The van der Waals surface area contributed by atoms with E-state index in [4.69, 9.17) is 9.47 Å². The molecule has 28 heavy (non-hydrogen) atoms. The highest BCUT2D eigenvalue weighted by Crippen LogP contribution is 2.23. The van der Waals surface area contributed by atoms with E-state index in [-0.39, 0.29) is 31.3 Å². The van der Waals surface area contributed by atoms with E-state index >= 15 is 0 Å². The van der Waals surface area contributed by atoms with Crippen LogP contribution in [0.15, 0.2) is 18.3 Å². The summed E-state index contributed by atoms with van der Waals surface area (Å²) in [6.45, 7) is 7.47. The first kappa shape index (κ1) is 21.7. The second kappa shape index (κ2) is 9.05. The van der Waals surface area contributed by atoms with Crippen LogP contribution < -0.4 is 10.1 Å². The Hall–Kier alpha value is -2.61. The number of imidazole rings is 1. The van der Waals surface area contributed by atoms with E-state index in [0.29, 0.717) is 49.1 Å². The van der Waals surface area contributed by atoms with Gasteiger partial charge in [-0.3, -0.25) is 14.0 Å². The molecule has 1 aliphatic rings. The Kier molecular flexibility index (Phi) is 7.01. The van der Waals surface area contributed by atoms with Crippen LogP contribution in [0, 0.1) is 12.8 Å². The van der Waals surface area contributed by atoms with E-state index in [2.05, 4.69) is 10.3 Å². The van der Waals surface area contributed by atoms with Gasteiger partial charge in [0.15, 0.2) is 11.4 Å². The number of rotatable bonds is 6. The summed E-state index contributed by atoms with van der Waals surface area (Å²) in [5, 5.41) is 3.00. The Morgan fingerprint density at radius 3 is 2.71 bits per heavy atom. The summed E-state index contributed by atoms with van der Waals surface area (Å²) in [6, 6.07) is 3.35. The van der Waals surface area contributed by atoms with Crippen LogP contribution >= 0.6 is 0 Å². The van der Waals surface area contributed by atoms with Gasteiger partial charge in [-0.15, -0.1) is 0 Å². The van der Waals surface area contributed by atoms with Gasteiger partial charge in [0.25, 0.3) is 5.91 Å². The van der Waals surface area contributed by atoms with E-state index in [1.165, 1.54) is 0 Å². The molecule has 0 aliphatic carbocycles. The molecule has 1 fully saturated rings. The van der Waals surface area contributed by atoms with Crippen molar-refractivity contribution in [3.8, 4) is 5.75 Å². The molecule has 8 nitrogen and oxygen atoms in total. The molecule has 2 aromatic rings. The zero-order chi connectivity index (χ0) is 19.6. The minimum atomic E-state index is -0.377. The number of hydrogen-bond donors (Lipinski definition) is 1. The second-order valence-electron chi connectivity index (χ2n) is 6.70. The van der Waals surface area contributed by atoms with E-state index in [1.807, 2.05) is 31.0 Å². The summed E-state index contributed by atoms with van der Waals surface area (Å²) < 4.78 is 12.5.